The predicted molar refractivity (Wildman–Crippen MR) is 156 cm³/mol. The van der Waals surface area contributed by atoms with Gasteiger partial charge in [-0.2, -0.15) is 0 Å². The highest BCUT2D eigenvalue weighted by Gasteiger charge is 2.40. The van der Waals surface area contributed by atoms with Gasteiger partial charge in [0.2, 0.25) is 0 Å². The Kier molecular flexibility index (Phi) is 11.9. The maximum Gasteiger partial charge on any atom is 0.330 e. The summed E-state index contributed by atoms with van der Waals surface area (Å²) in [5.41, 5.74) is 3.53. The topological polar surface area (TPSA) is 89.5 Å². The highest BCUT2D eigenvalue weighted by molar-refractivity contribution is 5.81. The molecule has 9 heteroatoms. The number of rotatable bonds is 16. The number of hydrogen-bond acceptors (Lipinski definition) is 8. The minimum absolute atomic E-state index is 0.0720. The lowest BCUT2D eigenvalue weighted by Gasteiger charge is -2.46. The molecule has 0 unspecified atom stereocenters. The van der Waals surface area contributed by atoms with Gasteiger partial charge in [0.15, 0.2) is 23.0 Å². The SMILES string of the molecule is C=CC(=O)OCCCCCOC(=O)CC[N@+]1(C)CCc2cc(OC)c(OC)cc2[C@H]1Cc1ccc(OC)c(OC)c1. The van der Waals surface area contributed by atoms with Gasteiger partial charge in [0.25, 0.3) is 0 Å². The van der Waals surface area contributed by atoms with E-state index in [2.05, 4.69) is 31.8 Å². The first kappa shape index (κ1) is 31.8. The van der Waals surface area contributed by atoms with Gasteiger partial charge in [0.1, 0.15) is 6.04 Å². The van der Waals surface area contributed by atoms with Crippen LogP contribution in [0.4, 0.5) is 0 Å². The first-order chi connectivity index (χ1) is 19.8. The normalized spacial score (nSPS) is 17.6. The number of hydrogen-bond donors (Lipinski definition) is 0. The first-order valence-electron chi connectivity index (χ1n) is 14.0. The van der Waals surface area contributed by atoms with E-state index in [1.807, 2.05) is 12.1 Å². The number of carbonyl (C=O) groups excluding carboxylic acids is 2. The molecule has 0 aliphatic carbocycles. The molecule has 0 amide bonds. The Balaban J connectivity index is 1.72. The Hall–Kier alpha value is -3.72. The summed E-state index contributed by atoms with van der Waals surface area (Å²) in [6.07, 6.45) is 5.32. The lowest BCUT2D eigenvalue weighted by molar-refractivity contribution is -0.940. The Morgan fingerprint density at radius 2 is 1.51 bits per heavy atom. The van der Waals surface area contributed by atoms with Crippen LogP contribution in [-0.4, -0.2) is 78.2 Å². The first-order valence-corrected chi connectivity index (χ1v) is 14.0. The zero-order chi connectivity index (χ0) is 29.8. The molecule has 1 aliphatic heterocycles. The van der Waals surface area contributed by atoms with E-state index in [0.29, 0.717) is 47.9 Å². The van der Waals surface area contributed by atoms with Crippen LogP contribution >= 0.6 is 0 Å². The van der Waals surface area contributed by atoms with Gasteiger partial charge in [-0.05, 0) is 54.7 Å². The van der Waals surface area contributed by atoms with Crippen molar-refractivity contribution in [2.24, 2.45) is 0 Å². The Bertz CT molecular complexity index is 1200. The molecule has 9 nitrogen and oxygen atoms in total. The van der Waals surface area contributed by atoms with Gasteiger partial charge in [0, 0.05) is 24.5 Å². The molecule has 0 saturated heterocycles. The second kappa shape index (κ2) is 15.3. The number of likely N-dealkylation sites (N-methyl/N-ethyl adjacent to an activating group) is 1. The number of quaternary nitrogens is 1. The molecule has 0 aromatic heterocycles. The molecular formula is C32H44NO8+. The highest BCUT2D eigenvalue weighted by Crippen LogP contribution is 2.43. The van der Waals surface area contributed by atoms with Crippen molar-refractivity contribution in [2.75, 3.05) is 61.8 Å². The molecular weight excluding hydrogens is 526 g/mol. The molecule has 0 fully saturated rings. The van der Waals surface area contributed by atoms with E-state index in [4.69, 9.17) is 28.4 Å². The van der Waals surface area contributed by atoms with Gasteiger partial charge in [-0.15, -0.1) is 0 Å². The number of methoxy groups -OCH3 is 4. The van der Waals surface area contributed by atoms with Crippen molar-refractivity contribution in [1.29, 1.82) is 0 Å². The summed E-state index contributed by atoms with van der Waals surface area (Å²) in [4.78, 5) is 23.8. The standard InChI is InChI=1S/C32H44NO8/c1-7-31(34)40-17-9-8-10-18-41-32(35)14-16-33(2)15-13-24-21-29(38-5)30(39-6)22-25(24)26(33)19-23-11-12-27(36-3)28(20-23)37-4/h7,11-12,20-22,26H,1,8-10,13-19H2,2-6H3/q+1/t26-,33+/m1/s1. The summed E-state index contributed by atoms with van der Waals surface area (Å²) in [7, 11) is 8.77. The van der Waals surface area contributed by atoms with Crippen LogP contribution in [0.25, 0.3) is 0 Å². The third-order valence-electron chi connectivity index (χ3n) is 7.82. The Labute approximate surface area is 243 Å². The van der Waals surface area contributed by atoms with Gasteiger partial charge in [0.05, 0.1) is 68.2 Å². The average molecular weight is 571 g/mol. The van der Waals surface area contributed by atoms with Gasteiger partial charge >= 0.3 is 11.9 Å². The van der Waals surface area contributed by atoms with Crippen molar-refractivity contribution < 1.29 is 42.5 Å². The lowest BCUT2D eigenvalue weighted by atomic mass is 9.86. The molecule has 2 aromatic rings. The van der Waals surface area contributed by atoms with E-state index in [1.54, 1.807) is 28.4 Å². The number of benzene rings is 2. The fourth-order valence-corrected chi connectivity index (χ4v) is 5.38. The van der Waals surface area contributed by atoms with Crippen LogP contribution in [0.1, 0.15) is 48.4 Å². The molecule has 224 valence electrons. The summed E-state index contributed by atoms with van der Waals surface area (Å²) in [5, 5.41) is 0. The van der Waals surface area contributed by atoms with Crippen LogP contribution in [0.2, 0.25) is 0 Å². The smallest absolute Gasteiger partial charge is 0.330 e. The van der Waals surface area contributed by atoms with Crippen molar-refractivity contribution in [3.63, 3.8) is 0 Å². The van der Waals surface area contributed by atoms with Crippen molar-refractivity contribution >= 4 is 11.9 Å². The largest absolute Gasteiger partial charge is 0.493 e. The fourth-order valence-electron chi connectivity index (χ4n) is 5.38. The number of ether oxygens (including phenoxy) is 6. The van der Waals surface area contributed by atoms with Crippen molar-refractivity contribution in [3.05, 3.63) is 59.7 Å². The third kappa shape index (κ3) is 8.39. The third-order valence-corrected chi connectivity index (χ3v) is 7.82. The van der Waals surface area contributed by atoms with Crippen molar-refractivity contribution in [2.45, 2.75) is 44.6 Å². The molecule has 3 rings (SSSR count). The second-order valence-corrected chi connectivity index (χ2v) is 10.4. The lowest BCUT2D eigenvalue weighted by Crippen LogP contribution is -2.53. The highest BCUT2D eigenvalue weighted by atomic mass is 16.5. The summed E-state index contributed by atoms with van der Waals surface area (Å²) in [6, 6.07) is 10.2. The van der Waals surface area contributed by atoms with Gasteiger partial charge in [-0.3, -0.25) is 4.79 Å². The molecule has 0 N–H and O–H groups in total. The Morgan fingerprint density at radius 3 is 2.17 bits per heavy atom. The quantitative estimate of drug-likeness (QED) is 0.123. The van der Waals surface area contributed by atoms with Crippen molar-refractivity contribution in [3.8, 4) is 23.0 Å². The summed E-state index contributed by atoms with van der Waals surface area (Å²) < 4.78 is 33.4. The Morgan fingerprint density at radius 1 is 0.878 bits per heavy atom. The summed E-state index contributed by atoms with van der Waals surface area (Å²) in [5.74, 6) is 2.15. The molecule has 0 saturated carbocycles. The monoisotopic (exact) mass is 570 g/mol. The maximum absolute atomic E-state index is 12.7. The minimum Gasteiger partial charge on any atom is -0.493 e. The van der Waals surface area contributed by atoms with Crippen LogP contribution in [0.3, 0.4) is 0 Å². The van der Waals surface area contributed by atoms with E-state index in [0.717, 1.165) is 56.0 Å². The minimum atomic E-state index is -0.421. The van der Waals surface area contributed by atoms with Crippen molar-refractivity contribution in [1.82, 2.24) is 0 Å². The number of fused-ring (bicyclic) bond motifs is 1. The van der Waals surface area contributed by atoms with E-state index < -0.39 is 5.97 Å². The van der Waals surface area contributed by atoms with Crippen LogP contribution in [0, 0.1) is 0 Å². The average Bonchev–Trinajstić information content (AvgIpc) is 3.00. The van der Waals surface area contributed by atoms with Crippen LogP contribution in [0.15, 0.2) is 43.0 Å². The molecule has 2 atom stereocenters. The number of nitrogens with zero attached hydrogens (tertiary/aromatic N) is 1. The van der Waals surface area contributed by atoms with E-state index in [-0.39, 0.29) is 12.0 Å². The van der Waals surface area contributed by atoms with E-state index in [9.17, 15) is 9.59 Å². The number of unbranched alkanes of at least 4 members (excludes halogenated alkanes) is 2. The summed E-state index contributed by atoms with van der Waals surface area (Å²) in [6.45, 7) is 5.58. The molecule has 1 heterocycles. The van der Waals surface area contributed by atoms with Crippen LogP contribution in [0.5, 0.6) is 23.0 Å². The number of esters is 2. The fraction of sp³-hybridized carbons (Fsp3) is 0.500. The molecule has 2 aromatic carbocycles. The predicted octanol–water partition coefficient (Wildman–Crippen LogP) is 4.84. The van der Waals surface area contributed by atoms with Gasteiger partial charge in [-0.25, -0.2) is 4.79 Å². The molecule has 0 radical (unpaired) electrons. The zero-order valence-electron chi connectivity index (χ0n) is 25.0. The molecule has 1 aliphatic rings. The maximum atomic E-state index is 12.7. The second-order valence-electron chi connectivity index (χ2n) is 10.4. The molecule has 0 spiro atoms. The number of carbonyl (C=O) groups is 2. The van der Waals surface area contributed by atoms with E-state index in [1.165, 1.54) is 11.1 Å². The van der Waals surface area contributed by atoms with E-state index >= 15 is 0 Å². The summed E-state index contributed by atoms with van der Waals surface area (Å²) >= 11 is 0. The zero-order valence-corrected chi connectivity index (χ0v) is 25.0. The molecule has 41 heavy (non-hydrogen) atoms. The molecule has 0 bridgehead atoms. The van der Waals surface area contributed by atoms with Gasteiger partial charge in [-0.1, -0.05) is 12.6 Å². The van der Waals surface area contributed by atoms with Crippen LogP contribution in [-0.2, 0) is 31.9 Å². The van der Waals surface area contributed by atoms with Gasteiger partial charge < -0.3 is 32.9 Å². The van der Waals surface area contributed by atoms with Crippen LogP contribution < -0.4 is 18.9 Å².